The summed E-state index contributed by atoms with van der Waals surface area (Å²) in [6, 6.07) is 7.96. The summed E-state index contributed by atoms with van der Waals surface area (Å²) < 4.78 is 40.1. The predicted molar refractivity (Wildman–Crippen MR) is 67.6 cm³/mol. The number of alkyl halides is 3. The van der Waals surface area contributed by atoms with Crippen molar-refractivity contribution in [3.8, 4) is 5.75 Å². The number of nitrogens with zero attached hydrogens (tertiary/aromatic N) is 1. The molecule has 0 aliphatic heterocycles. The number of carbonyl (C=O) groups is 1. The molecule has 5 nitrogen and oxygen atoms in total. The smallest absolute Gasteiger partial charge is 0.478 e. The average Bonchev–Trinajstić information content (AvgIpc) is 2.37. The number of benzene rings is 1. The van der Waals surface area contributed by atoms with Crippen LogP contribution in [0.2, 0.25) is 0 Å². The Hall–Kier alpha value is -2.77. The van der Waals surface area contributed by atoms with Gasteiger partial charge in [0.15, 0.2) is 0 Å². The van der Waals surface area contributed by atoms with Crippen LogP contribution in [-0.4, -0.2) is 22.4 Å². The van der Waals surface area contributed by atoms with E-state index in [1.165, 1.54) is 30.3 Å². The Kier molecular flexibility index (Phi) is 3.97. The van der Waals surface area contributed by atoms with Crippen LogP contribution in [0, 0.1) is 0 Å². The largest absolute Gasteiger partial charge is 0.573 e. The first kappa shape index (κ1) is 14.6. The Balaban J connectivity index is 2.12. The van der Waals surface area contributed by atoms with Crippen LogP contribution in [0.3, 0.4) is 0 Å². The second-order valence-electron chi connectivity index (χ2n) is 3.94. The maximum Gasteiger partial charge on any atom is 0.573 e. The van der Waals surface area contributed by atoms with E-state index in [1.54, 1.807) is 0 Å². The number of halogens is 3. The van der Waals surface area contributed by atoms with Gasteiger partial charge in [0.2, 0.25) is 0 Å². The van der Waals surface area contributed by atoms with E-state index >= 15 is 0 Å². The number of pyridine rings is 1. The summed E-state index contributed by atoms with van der Waals surface area (Å²) >= 11 is 0. The number of aromatic carboxylic acids is 1. The van der Waals surface area contributed by atoms with E-state index in [1.807, 2.05) is 0 Å². The van der Waals surface area contributed by atoms with Crippen molar-refractivity contribution in [2.24, 2.45) is 0 Å². The fourth-order valence-corrected chi connectivity index (χ4v) is 1.51. The normalized spacial score (nSPS) is 11.0. The molecule has 110 valence electrons. The van der Waals surface area contributed by atoms with Crippen LogP contribution in [0.25, 0.3) is 0 Å². The maximum absolute atomic E-state index is 12.1. The molecule has 0 radical (unpaired) electrons. The first-order valence-corrected chi connectivity index (χ1v) is 5.66. The Labute approximate surface area is 117 Å². The van der Waals surface area contributed by atoms with Gasteiger partial charge in [0, 0.05) is 18.0 Å². The first-order valence-electron chi connectivity index (χ1n) is 5.66. The Morgan fingerprint density at radius 3 is 2.57 bits per heavy atom. The number of carboxylic acid groups (broad SMARTS) is 1. The van der Waals surface area contributed by atoms with Gasteiger partial charge in [-0.05, 0) is 24.3 Å². The third-order valence-electron chi connectivity index (χ3n) is 2.35. The van der Waals surface area contributed by atoms with Crippen LogP contribution in [0.15, 0.2) is 42.6 Å². The first-order chi connectivity index (χ1) is 9.83. The van der Waals surface area contributed by atoms with Crippen LogP contribution in [-0.2, 0) is 0 Å². The molecule has 0 spiro atoms. The van der Waals surface area contributed by atoms with Crippen molar-refractivity contribution in [2.45, 2.75) is 6.36 Å². The molecule has 2 rings (SSSR count). The molecule has 21 heavy (non-hydrogen) atoms. The number of anilines is 2. The van der Waals surface area contributed by atoms with Crippen LogP contribution in [0.1, 0.15) is 10.4 Å². The predicted octanol–water partition coefficient (Wildman–Crippen LogP) is 3.42. The highest BCUT2D eigenvalue weighted by atomic mass is 19.4. The van der Waals surface area contributed by atoms with Crippen molar-refractivity contribution >= 4 is 17.5 Å². The van der Waals surface area contributed by atoms with Gasteiger partial charge in [0.1, 0.15) is 11.6 Å². The molecule has 1 heterocycles. The minimum Gasteiger partial charge on any atom is -0.478 e. The summed E-state index contributed by atoms with van der Waals surface area (Å²) in [6.07, 6.45) is -3.62. The van der Waals surface area contributed by atoms with Gasteiger partial charge in [-0.3, -0.25) is 0 Å². The van der Waals surface area contributed by atoms with Crippen molar-refractivity contribution in [2.75, 3.05) is 5.32 Å². The molecule has 0 amide bonds. The van der Waals surface area contributed by atoms with Gasteiger partial charge in [-0.2, -0.15) is 0 Å². The van der Waals surface area contributed by atoms with E-state index in [9.17, 15) is 18.0 Å². The lowest BCUT2D eigenvalue weighted by Gasteiger charge is -2.11. The Morgan fingerprint density at radius 2 is 2.00 bits per heavy atom. The monoisotopic (exact) mass is 298 g/mol. The number of carboxylic acids is 1. The lowest BCUT2D eigenvalue weighted by molar-refractivity contribution is -0.274. The van der Waals surface area contributed by atoms with Gasteiger partial charge in [0.25, 0.3) is 0 Å². The molecular formula is C13H9F3N2O3. The molecular weight excluding hydrogens is 289 g/mol. The molecule has 0 atom stereocenters. The molecule has 0 fully saturated rings. The maximum atomic E-state index is 12.1. The van der Waals surface area contributed by atoms with Crippen molar-refractivity contribution < 1.29 is 27.8 Å². The quantitative estimate of drug-likeness (QED) is 0.905. The van der Waals surface area contributed by atoms with E-state index in [2.05, 4.69) is 15.0 Å². The zero-order valence-corrected chi connectivity index (χ0v) is 10.4. The van der Waals surface area contributed by atoms with Gasteiger partial charge >= 0.3 is 12.3 Å². The summed E-state index contributed by atoms with van der Waals surface area (Å²) in [5.41, 5.74) is 0.335. The summed E-state index contributed by atoms with van der Waals surface area (Å²) in [7, 11) is 0. The molecule has 0 saturated carbocycles. The fraction of sp³-hybridized carbons (Fsp3) is 0.0769. The minimum atomic E-state index is -4.76. The second-order valence-corrected chi connectivity index (χ2v) is 3.94. The van der Waals surface area contributed by atoms with E-state index in [0.29, 0.717) is 11.5 Å². The highest BCUT2D eigenvalue weighted by Gasteiger charge is 2.31. The SMILES string of the molecule is O=C(O)c1ccc(Nc2cccc(OC(F)(F)F)c2)nc1. The molecule has 0 bridgehead atoms. The number of ether oxygens (including phenoxy) is 1. The van der Waals surface area contributed by atoms with Gasteiger partial charge in [-0.1, -0.05) is 6.07 Å². The topological polar surface area (TPSA) is 71.5 Å². The Morgan fingerprint density at radius 1 is 1.24 bits per heavy atom. The standard InChI is InChI=1S/C13H9F3N2O3/c14-13(15,16)21-10-3-1-2-9(6-10)18-11-5-4-8(7-17-11)12(19)20/h1-7H,(H,17,18)(H,19,20). The number of nitrogens with one attached hydrogen (secondary N) is 1. The number of aromatic nitrogens is 1. The summed E-state index contributed by atoms with van der Waals surface area (Å²) in [5.74, 6) is -1.19. The lowest BCUT2D eigenvalue weighted by atomic mass is 10.2. The fourth-order valence-electron chi connectivity index (χ4n) is 1.51. The molecule has 2 aromatic rings. The van der Waals surface area contributed by atoms with E-state index in [0.717, 1.165) is 12.3 Å². The van der Waals surface area contributed by atoms with Crippen molar-refractivity contribution in [1.82, 2.24) is 4.98 Å². The van der Waals surface area contributed by atoms with Crippen LogP contribution in [0.5, 0.6) is 5.75 Å². The van der Waals surface area contributed by atoms with Gasteiger partial charge in [-0.25, -0.2) is 9.78 Å². The van der Waals surface area contributed by atoms with Crippen molar-refractivity contribution in [3.05, 3.63) is 48.2 Å². The molecule has 8 heteroatoms. The Bertz CT molecular complexity index is 642. The molecule has 0 aliphatic rings. The molecule has 0 saturated heterocycles. The van der Waals surface area contributed by atoms with E-state index in [-0.39, 0.29) is 11.3 Å². The molecule has 1 aromatic carbocycles. The summed E-state index contributed by atoms with van der Waals surface area (Å²) in [5, 5.41) is 11.5. The second kappa shape index (κ2) is 5.70. The molecule has 0 aliphatic carbocycles. The minimum absolute atomic E-state index is 0.00899. The third-order valence-corrected chi connectivity index (χ3v) is 2.35. The zero-order chi connectivity index (χ0) is 15.5. The van der Waals surface area contributed by atoms with Gasteiger partial charge in [0.05, 0.1) is 5.56 Å². The van der Waals surface area contributed by atoms with Crippen LogP contribution in [0.4, 0.5) is 24.7 Å². The van der Waals surface area contributed by atoms with Gasteiger partial charge < -0.3 is 15.2 Å². The number of rotatable bonds is 4. The molecule has 1 aromatic heterocycles. The number of hydrogen-bond acceptors (Lipinski definition) is 4. The summed E-state index contributed by atoms with van der Waals surface area (Å²) in [6.45, 7) is 0. The van der Waals surface area contributed by atoms with Crippen LogP contribution < -0.4 is 10.1 Å². The molecule has 0 unspecified atom stereocenters. The van der Waals surface area contributed by atoms with Crippen LogP contribution >= 0.6 is 0 Å². The third kappa shape index (κ3) is 4.37. The zero-order valence-electron chi connectivity index (χ0n) is 10.4. The van der Waals surface area contributed by atoms with Gasteiger partial charge in [-0.15, -0.1) is 13.2 Å². The van der Waals surface area contributed by atoms with E-state index in [4.69, 9.17) is 5.11 Å². The summed E-state index contributed by atoms with van der Waals surface area (Å²) in [4.78, 5) is 14.5. The van der Waals surface area contributed by atoms with Crippen molar-refractivity contribution in [3.63, 3.8) is 0 Å². The van der Waals surface area contributed by atoms with E-state index < -0.39 is 12.3 Å². The average molecular weight is 298 g/mol. The van der Waals surface area contributed by atoms with Crippen molar-refractivity contribution in [1.29, 1.82) is 0 Å². The number of hydrogen-bond donors (Lipinski definition) is 2. The molecule has 2 N–H and O–H groups in total. The highest BCUT2D eigenvalue weighted by Crippen LogP contribution is 2.26. The lowest BCUT2D eigenvalue weighted by Crippen LogP contribution is -2.17. The highest BCUT2D eigenvalue weighted by molar-refractivity contribution is 5.87.